The normalized spacial score (nSPS) is 56.5. The van der Waals surface area contributed by atoms with Gasteiger partial charge in [0.05, 0.1) is 0 Å². The molecule has 2 nitrogen and oxygen atoms in total. The second-order valence-corrected chi connectivity index (χ2v) is 9.07. The molecule has 0 heterocycles. The van der Waals surface area contributed by atoms with E-state index < -0.39 is 5.60 Å². The first kappa shape index (κ1) is 14.2. The lowest BCUT2D eigenvalue weighted by molar-refractivity contribution is -0.201. The number of Topliss-reactive ketones (excluding diaryl/α,β-unsaturated/α-hetero) is 1. The molecule has 4 rings (SSSR count). The standard InChI is InChI=1S/C19H30O2/c1-17-8-5-6-14(17)13-12-16(20)19(21)10-4-3-9-18(19,2)15(13)7-11-17/h13-15,21H,3-12H2,1-2H3/t13-,14-,15-,17-,18+,19-/m0/s1. The van der Waals surface area contributed by atoms with Gasteiger partial charge in [-0.2, -0.15) is 0 Å². The predicted octanol–water partition coefficient (Wildman–Crippen LogP) is 4.10. The summed E-state index contributed by atoms with van der Waals surface area (Å²) in [5.41, 5.74) is -0.657. The maximum absolute atomic E-state index is 12.9. The summed E-state index contributed by atoms with van der Waals surface area (Å²) in [7, 11) is 0. The average Bonchev–Trinajstić information content (AvgIpc) is 2.83. The van der Waals surface area contributed by atoms with E-state index in [1.165, 1.54) is 38.5 Å². The fourth-order valence-electron chi connectivity index (χ4n) is 7.05. The molecule has 0 aromatic rings. The quantitative estimate of drug-likeness (QED) is 0.729. The van der Waals surface area contributed by atoms with E-state index >= 15 is 0 Å². The van der Waals surface area contributed by atoms with Crippen LogP contribution < -0.4 is 0 Å². The molecular formula is C19H30O2. The first-order chi connectivity index (χ1) is 9.91. The number of ketones is 1. The Labute approximate surface area is 128 Å². The first-order valence-corrected chi connectivity index (χ1v) is 9.16. The third-order valence-corrected chi connectivity index (χ3v) is 8.35. The molecule has 4 fully saturated rings. The van der Waals surface area contributed by atoms with Crippen molar-refractivity contribution in [1.29, 1.82) is 0 Å². The van der Waals surface area contributed by atoms with Crippen molar-refractivity contribution < 1.29 is 9.90 Å². The molecule has 0 aromatic heterocycles. The lowest BCUT2D eigenvalue weighted by Gasteiger charge is -2.62. The van der Waals surface area contributed by atoms with Gasteiger partial charge in [0.1, 0.15) is 5.60 Å². The molecule has 0 aliphatic heterocycles. The summed E-state index contributed by atoms with van der Waals surface area (Å²) in [5, 5.41) is 11.2. The minimum Gasteiger partial charge on any atom is -0.381 e. The number of carbonyl (C=O) groups is 1. The van der Waals surface area contributed by atoms with E-state index in [0.29, 0.717) is 30.1 Å². The highest BCUT2D eigenvalue weighted by atomic mass is 16.3. The van der Waals surface area contributed by atoms with Crippen molar-refractivity contribution >= 4 is 5.78 Å². The molecule has 4 aliphatic carbocycles. The molecule has 0 spiro atoms. The largest absolute Gasteiger partial charge is 0.381 e. The Morgan fingerprint density at radius 1 is 0.952 bits per heavy atom. The highest BCUT2D eigenvalue weighted by Gasteiger charge is 2.65. The molecule has 0 aromatic carbocycles. The molecule has 118 valence electrons. The van der Waals surface area contributed by atoms with Gasteiger partial charge in [-0.25, -0.2) is 0 Å². The van der Waals surface area contributed by atoms with Gasteiger partial charge in [-0.05, 0) is 61.7 Å². The Morgan fingerprint density at radius 3 is 2.52 bits per heavy atom. The number of fused-ring (bicyclic) bond motifs is 5. The molecule has 4 saturated carbocycles. The van der Waals surface area contributed by atoms with Crippen LogP contribution in [-0.4, -0.2) is 16.5 Å². The summed E-state index contributed by atoms with van der Waals surface area (Å²) in [6.45, 7) is 4.72. The highest BCUT2D eigenvalue weighted by Crippen LogP contribution is 2.66. The summed E-state index contributed by atoms with van der Waals surface area (Å²) in [6, 6.07) is 0. The van der Waals surface area contributed by atoms with Crippen molar-refractivity contribution in [3.05, 3.63) is 0 Å². The minimum absolute atomic E-state index is 0.144. The Morgan fingerprint density at radius 2 is 1.71 bits per heavy atom. The van der Waals surface area contributed by atoms with Gasteiger partial charge in [0.15, 0.2) is 5.78 Å². The molecule has 4 aliphatic rings. The molecule has 0 unspecified atom stereocenters. The van der Waals surface area contributed by atoms with Crippen molar-refractivity contribution in [2.24, 2.45) is 28.6 Å². The van der Waals surface area contributed by atoms with Crippen LogP contribution in [0.15, 0.2) is 0 Å². The van der Waals surface area contributed by atoms with Gasteiger partial charge < -0.3 is 5.11 Å². The van der Waals surface area contributed by atoms with Crippen LogP contribution in [0.4, 0.5) is 0 Å². The zero-order valence-electron chi connectivity index (χ0n) is 13.7. The monoisotopic (exact) mass is 290 g/mol. The maximum atomic E-state index is 12.9. The van der Waals surface area contributed by atoms with Crippen molar-refractivity contribution in [3.63, 3.8) is 0 Å². The zero-order valence-corrected chi connectivity index (χ0v) is 13.7. The summed E-state index contributed by atoms with van der Waals surface area (Å²) < 4.78 is 0. The Hall–Kier alpha value is -0.370. The lowest BCUT2D eigenvalue weighted by Crippen LogP contribution is -2.65. The fourth-order valence-corrected chi connectivity index (χ4v) is 7.05. The number of hydrogen-bond donors (Lipinski definition) is 1. The molecule has 0 bridgehead atoms. The van der Waals surface area contributed by atoms with E-state index in [1.54, 1.807) is 0 Å². The smallest absolute Gasteiger partial charge is 0.165 e. The molecule has 2 heteroatoms. The second kappa shape index (κ2) is 4.34. The number of carbonyl (C=O) groups excluding carboxylic acids is 1. The Balaban J connectivity index is 1.74. The van der Waals surface area contributed by atoms with Crippen LogP contribution in [-0.2, 0) is 4.79 Å². The minimum atomic E-state index is -1.00. The summed E-state index contributed by atoms with van der Waals surface area (Å²) in [4.78, 5) is 12.9. The molecule has 0 radical (unpaired) electrons. The van der Waals surface area contributed by atoms with Crippen LogP contribution in [0.1, 0.15) is 78.1 Å². The van der Waals surface area contributed by atoms with Gasteiger partial charge in [0.2, 0.25) is 0 Å². The fraction of sp³-hybridized carbons (Fsp3) is 0.947. The molecule has 0 saturated heterocycles. The van der Waals surface area contributed by atoms with Gasteiger partial charge in [-0.1, -0.05) is 33.1 Å². The van der Waals surface area contributed by atoms with Crippen LogP contribution in [0.5, 0.6) is 0 Å². The average molecular weight is 290 g/mol. The Kier molecular flexibility index (Phi) is 2.94. The Bertz CT molecular complexity index is 472. The van der Waals surface area contributed by atoms with E-state index in [1.807, 2.05) is 0 Å². The lowest BCUT2D eigenvalue weighted by atomic mass is 9.43. The van der Waals surface area contributed by atoms with E-state index in [-0.39, 0.29) is 11.2 Å². The van der Waals surface area contributed by atoms with Gasteiger partial charge in [-0.15, -0.1) is 0 Å². The number of rotatable bonds is 0. The van der Waals surface area contributed by atoms with E-state index in [2.05, 4.69) is 13.8 Å². The van der Waals surface area contributed by atoms with E-state index in [4.69, 9.17) is 0 Å². The van der Waals surface area contributed by atoms with Crippen LogP contribution in [0.25, 0.3) is 0 Å². The first-order valence-electron chi connectivity index (χ1n) is 9.16. The SMILES string of the molecule is C[C@@]12CCC[C@H]1[C@@H]1CC(=O)[C@@]3(O)CCCC[C@]3(C)[C@H]1CC2. The summed E-state index contributed by atoms with van der Waals surface area (Å²) >= 11 is 0. The molecule has 21 heavy (non-hydrogen) atoms. The van der Waals surface area contributed by atoms with E-state index in [0.717, 1.165) is 18.8 Å². The molecule has 1 N–H and O–H groups in total. The van der Waals surface area contributed by atoms with Crippen molar-refractivity contribution in [1.82, 2.24) is 0 Å². The summed E-state index contributed by atoms with van der Waals surface area (Å²) in [5.74, 6) is 2.06. The van der Waals surface area contributed by atoms with Crippen LogP contribution >= 0.6 is 0 Å². The van der Waals surface area contributed by atoms with Gasteiger partial charge in [0.25, 0.3) is 0 Å². The van der Waals surface area contributed by atoms with Crippen LogP contribution in [0.3, 0.4) is 0 Å². The van der Waals surface area contributed by atoms with Gasteiger partial charge in [0, 0.05) is 11.8 Å². The topological polar surface area (TPSA) is 37.3 Å². The van der Waals surface area contributed by atoms with Crippen LogP contribution in [0, 0.1) is 28.6 Å². The van der Waals surface area contributed by atoms with Crippen molar-refractivity contribution in [3.8, 4) is 0 Å². The summed E-state index contributed by atoms with van der Waals surface area (Å²) in [6.07, 6.45) is 11.2. The van der Waals surface area contributed by atoms with Crippen LogP contribution in [0.2, 0.25) is 0 Å². The third-order valence-electron chi connectivity index (χ3n) is 8.35. The number of hydrogen-bond acceptors (Lipinski definition) is 2. The molecular weight excluding hydrogens is 260 g/mol. The second-order valence-electron chi connectivity index (χ2n) is 9.07. The van der Waals surface area contributed by atoms with Gasteiger partial charge in [-0.3, -0.25) is 4.79 Å². The number of aliphatic hydroxyl groups is 1. The third kappa shape index (κ3) is 1.66. The zero-order chi connectivity index (χ0) is 14.9. The highest BCUT2D eigenvalue weighted by molar-refractivity contribution is 5.89. The predicted molar refractivity (Wildman–Crippen MR) is 82.8 cm³/mol. The van der Waals surface area contributed by atoms with Crippen molar-refractivity contribution in [2.45, 2.75) is 83.7 Å². The van der Waals surface area contributed by atoms with E-state index in [9.17, 15) is 9.90 Å². The molecule has 0 amide bonds. The van der Waals surface area contributed by atoms with Gasteiger partial charge >= 0.3 is 0 Å². The molecule has 6 atom stereocenters. The maximum Gasteiger partial charge on any atom is 0.165 e. The van der Waals surface area contributed by atoms with Crippen molar-refractivity contribution in [2.75, 3.05) is 0 Å².